The lowest BCUT2D eigenvalue weighted by Crippen LogP contribution is -2.52. The molecule has 2 aromatic rings. The summed E-state index contributed by atoms with van der Waals surface area (Å²) in [6, 6.07) is 16.4. The zero-order valence-corrected chi connectivity index (χ0v) is 18.3. The second kappa shape index (κ2) is 10.6. The number of amides is 1. The molecule has 0 saturated carbocycles. The SMILES string of the molecule is N[C@@H](Cc1ccccc1)C(=O)N(Cl)C(C(=O)OCc1ccccc1)C1CC(Br)=NO1. The second-order valence-electron chi connectivity index (χ2n) is 6.80. The normalized spacial score (nSPS) is 17.4. The first-order chi connectivity index (χ1) is 14.5. The highest BCUT2D eigenvalue weighted by Gasteiger charge is 2.43. The van der Waals surface area contributed by atoms with Gasteiger partial charge in [0.25, 0.3) is 5.91 Å². The number of rotatable bonds is 8. The number of nitrogens with two attached hydrogens (primary N) is 1. The first-order valence-corrected chi connectivity index (χ1v) is 10.5. The van der Waals surface area contributed by atoms with Crippen molar-refractivity contribution < 1.29 is 19.2 Å². The summed E-state index contributed by atoms with van der Waals surface area (Å²) in [4.78, 5) is 31.0. The van der Waals surface area contributed by atoms with Crippen molar-refractivity contribution in [2.24, 2.45) is 10.9 Å². The van der Waals surface area contributed by atoms with Gasteiger partial charge in [-0.15, -0.1) is 0 Å². The highest BCUT2D eigenvalue weighted by molar-refractivity contribution is 9.18. The first-order valence-electron chi connectivity index (χ1n) is 9.33. The maximum absolute atomic E-state index is 12.9. The predicted octanol–water partition coefficient (Wildman–Crippen LogP) is 3.15. The lowest BCUT2D eigenvalue weighted by molar-refractivity contribution is -0.158. The van der Waals surface area contributed by atoms with E-state index in [0.29, 0.717) is 4.62 Å². The number of oxime groups is 1. The van der Waals surface area contributed by atoms with Crippen molar-refractivity contribution in [3.05, 3.63) is 71.8 Å². The van der Waals surface area contributed by atoms with Crippen LogP contribution in [0.3, 0.4) is 0 Å². The smallest absolute Gasteiger partial charge is 0.334 e. The first kappa shape index (κ1) is 22.3. The van der Waals surface area contributed by atoms with Gasteiger partial charge in [-0.2, -0.15) is 0 Å². The number of nitrogens with zero attached hydrogens (tertiary/aromatic N) is 2. The Morgan fingerprint density at radius 2 is 1.77 bits per heavy atom. The molecule has 0 aromatic heterocycles. The minimum absolute atomic E-state index is 0.0416. The largest absolute Gasteiger partial charge is 0.459 e. The average molecular weight is 495 g/mol. The van der Waals surface area contributed by atoms with Crippen molar-refractivity contribution in [2.45, 2.75) is 37.6 Å². The van der Waals surface area contributed by atoms with E-state index in [2.05, 4.69) is 21.1 Å². The number of hydrogen-bond acceptors (Lipinski definition) is 6. The maximum Gasteiger partial charge on any atom is 0.334 e. The van der Waals surface area contributed by atoms with Crippen LogP contribution < -0.4 is 5.73 Å². The van der Waals surface area contributed by atoms with Gasteiger partial charge in [-0.3, -0.25) is 4.79 Å². The lowest BCUT2D eigenvalue weighted by atomic mass is 10.0. The van der Waals surface area contributed by atoms with Crippen molar-refractivity contribution in [1.29, 1.82) is 0 Å². The monoisotopic (exact) mass is 493 g/mol. The van der Waals surface area contributed by atoms with Crippen LogP contribution in [0.1, 0.15) is 17.5 Å². The number of carbonyl (C=O) groups excluding carboxylic acids is 2. The molecule has 0 bridgehead atoms. The molecule has 9 heteroatoms. The molecule has 2 aromatic carbocycles. The van der Waals surface area contributed by atoms with Crippen molar-refractivity contribution in [3.8, 4) is 0 Å². The fraction of sp³-hybridized carbons (Fsp3) is 0.286. The maximum atomic E-state index is 12.9. The van der Waals surface area contributed by atoms with Crippen LogP contribution in [0.2, 0.25) is 0 Å². The molecular formula is C21H21BrClN3O4. The van der Waals surface area contributed by atoms with Gasteiger partial charge >= 0.3 is 5.97 Å². The van der Waals surface area contributed by atoms with Crippen LogP contribution in [-0.4, -0.2) is 39.1 Å². The van der Waals surface area contributed by atoms with E-state index in [1.54, 1.807) is 0 Å². The Balaban J connectivity index is 1.70. The molecule has 0 saturated heterocycles. The Kier molecular flexibility index (Phi) is 7.84. The summed E-state index contributed by atoms with van der Waals surface area (Å²) >= 11 is 9.55. The summed E-state index contributed by atoms with van der Waals surface area (Å²) in [6.45, 7) is 0.0416. The minimum atomic E-state index is -1.21. The van der Waals surface area contributed by atoms with E-state index in [1.807, 2.05) is 60.7 Å². The molecule has 3 atom stereocenters. The second-order valence-corrected chi connectivity index (χ2v) is 8.08. The molecule has 1 heterocycles. The molecule has 0 spiro atoms. The average Bonchev–Trinajstić information content (AvgIpc) is 3.18. The molecule has 0 fully saturated rings. The highest BCUT2D eigenvalue weighted by Crippen LogP contribution is 2.24. The van der Waals surface area contributed by atoms with E-state index in [9.17, 15) is 9.59 Å². The van der Waals surface area contributed by atoms with Gasteiger partial charge in [0.1, 0.15) is 11.2 Å². The summed E-state index contributed by atoms with van der Waals surface area (Å²) in [5.74, 6) is -1.30. The molecular weight excluding hydrogens is 474 g/mol. The Morgan fingerprint density at radius 3 is 2.33 bits per heavy atom. The number of ether oxygens (including phenoxy) is 1. The van der Waals surface area contributed by atoms with Crippen LogP contribution in [0.4, 0.5) is 0 Å². The van der Waals surface area contributed by atoms with Crippen molar-refractivity contribution in [1.82, 2.24) is 4.42 Å². The van der Waals surface area contributed by atoms with E-state index in [0.717, 1.165) is 15.5 Å². The molecule has 1 aliphatic heterocycles. The Hall–Kier alpha value is -2.42. The Morgan fingerprint density at radius 1 is 1.17 bits per heavy atom. The molecule has 7 nitrogen and oxygen atoms in total. The van der Waals surface area contributed by atoms with Gasteiger partial charge in [0, 0.05) is 18.2 Å². The van der Waals surface area contributed by atoms with Gasteiger partial charge in [0.05, 0.1) is 6.04 Å². The predicted molar refractivity (Wildman–Crippen MR) is 117 cm³/mol. The van der Waals surface area contributed by atoms with Crippen LogP contribution in [-0.2, 0) is 32.2 Å². The molecule has 0 radical (unpaired) electrons. The number of carbonyl (C=O) groups is 2. The van der Waals surface area contributed by atoms with E-state index in [1.165, 1.54) is 0 Å². The van der Waals surface area contributed by atoms with Crippen LogP contribution in [0.5, 0.6) is 0 Å². The summed E-state index contributed by atoms with van der Waals surface area (Å²) in [5.41, 5.74) is 7.76. The van der Waals surface area contributed by atoms with E-state index < -0.39 is 30.1 Å². The van der Waals surface area contributed by atoms with Crippen molar-refractivity contribution in [3.63, 3.8) is 0 Å². The molecule has 1 amide bonds. The van der Waals surface area contributed by atoms with E-state index in [-0.39, 0.29) is 19.4 Å². The topological polar surface area (TPSA) is 94.2 Å². The summed E-state index contributed by atoms with van der Waals surface area (Å²) in [5, 5.41) is 3.79. The Bertz CT molecular complexity index is 898. The third kappa shape index (κ3) is 5.81. The molecule has 30 heavy (non-hydrogen) atoms. The number of esters is 1. The molecule has 2 N–H and O–H groups in total. The zero-order valence-electron chi connectivity index (χ0n) is 16.0. The Labute approximate surface area is 188 Å². The molecule has 0 aliphatic carbocycles. The fourth-order valence-corrected chi connectivity index (χ4v) is 3.72. The standard InChI is InChI=1S/C21H21BrClN3O4/c22-18-12-17(30-25-18)19(21(28)29-13-15-9-5-2-6-10-15)26(23)20(27)16(24)11-14-7-3-1-4-8-14/h1-10,16-17,19H,11-13,24H2/t16-,17?,19?/m0/s1. The van der Waals surface area contributed by atoms with Crippen LogP contribution in [0.25, 0.3) is 0 Å². The third-order valence-electron chi connectivity index (χ3n) is 4.54. The molecule has 158 valence electrons. The third-order valence-corrected chi connectivity index (χ3v) is 5.39. The van der Waals surface area contributed by atoms with E-state index >= 15 is 0 Å². The fourth-order valence-electron chi connectivity index (χ4n) is 2.99. The van der Waals surface area contributed by atoms with E-state index in [4.69, 9.17) is 27.1 Å². The van der Waals surface area contributed by atoms with Crippen LogP contribution >= 0.6 is 27.7 Å². The molecule has 1 aliphatic rings. The van der Waals surface area contributed by atoms with Gasteiger partial charge in [-0.05, 0) is 33.5 Å². The van der Waals surface area contributed by atoms with Gasteiger partial charge in [-0.25, -0.2) is 9.21 Å². The summed E-state index contributed by atoms with van der Waals surface area (Å²) in [6.07, 6.45) is -0.233. The molecule has 2 unspecified atom stereocenters. The summed E-state index contributed by atoms with van der Waals surface area (Å²) < 4.78 is 6.70. The highest BCUT2D eigenvalue weighted by atomic mass is 79.9. The van der Waals surface area contributed by atoms with Gasteiger partial charge in [0.15, 0.2) is 12.1 Å². The number of halogens is 2. The lowest BCUT2D eigenvalue weighted by Gasteiger charge is -2.28. The summed E-state index contributed by atoms with van der Waals surface area (Å²) in [7, 11) is 0. The number of hydrogen-bond donors (Lipinski definition) is 1. The zero-order chi connectivity index (χ0) is 21.5. The van der Waals surface area contributed by atoms with Gasteiger partial charge in [-0.1, -0.05) is 65.8 Å². The van der Waals surface area contributed by atoms with Crippen LogP contribution in [0, 0.1) is 0 Å². The quantitative estimate of drug-likeness (QED) is 0.449. The van der Waals surface area contributed by atoms with Gasteiger partial charge < -0.3 is 15.3 Å². The van der Waals surface area contributed by atoms with Crippen molar-refractivity contribution >= 4 is 44.2 Å². The van der Waals surface area contributed by atoms with Gasteiger partial charge in [0.2, 0.25) is 0 Å². The number of benzene rings is 2. The molecule has 3 rings (SSSR count). The van der Waals surface area contributed by atoms with Crippen molar-refractivity contribution in [2.75, 3.05) is 0 Å². The van der Waals surface area contributed by atoms with Crippen LogP contribution in [0.15, 0.2) is 65.8 Å². The minimum Gasteiger partial charge on any atom is -0.459 e.